The Morgan fingerprint density at radius 3 is 2.65 bits per heavy atom. The molecule has 23 heavy (non-hydrogen) atoms. The largest absolute Gasteiger partial charge is 0.370 e. The number of rotatable bonds is 4. The van der Waals surface area contributed by atoms with Crippen molar-refractivity contribution in [2.24, 2.45) is 0 Å². The standard InChI is InChI=1S/C17H18BrN3OS/c18-15-9-14(11-19-12-15)17(22)20-10-13-1-3-16(4-2-13)21-5-7-23-8-6-21/h1-4,9,11-12H,5-8,10H2,(H,20,22). The summed E-state index contributed by atoms with van der Waals surface area (Å²) in [6.45, 7) is 2.73. The fourth-order valence-electron chi connectivity index (χ4n) is 2.47. The fraction of sp³-hybridized carbons (Fsp3) is 0.294. The van der Waals surface area contributed by atoms with Crippen LogP contribution in [0.3, 0.4) is 0 Å². The average molecular weight is 392 g/mol. The van der Waals surface area contributed by atoms with Gasteiger partial charge in [0.25, 0.3) is 5.91 Å². The third kappa shape index (κ3) is 4.48. The maximum absolute atomic E-state index is 12.1. The Balaban J connectivity index is 1.57. The highest BCUT2D eigenvalue weighted by atomic mass is 79.9. The van der Waals surface area contributed by atoms with Crippen LogP contribution in [0.15, 0.2) is 47.2 Å². The highest BCUT2D eigenvalue weighted by molar-refractivity contribution is 9.10. The van der Waals surface area contributed by atoms with Gasteiger partial charge in [0, 0.05) is 53.7 Å². The molecule has 2 heterocycles. The van der Waals surface area contributed by atoms with Gasteiger partial charge >= 0.3 is 0 Å². The van der Waals surface area contributed by atoms with Gasteiger partial charge in [-0.05, 0) is 39.7 Å². The molecular weight excluding hydrogens is 374 g/mol. The summed E-state index contributed by atoms with van der Waals surface area (Å²) in [5.74, 6) is 2.27. The number of halogens is 1. The van der Waals surface area contributed by atoms with Gasteiger partial charge in [0.15, 0.2) is 0 Å². The summed E-state index contributed by atoms with van der Waals surface area (Å²) < 4.78 is 0.800. The minimum absolute atomic E-state index is 0.115. The van der Waals surface area contributed by atoms with E-state index in [1.54, 1.807) is 18.5 Å². The molecule has 6 heteroatoms. The number of benzene rings is 1. The van der Waals surface area contributed by atoms with E-state index in [9.17, 15) is 4.79 Å². The Kier molecular flexibility index (Phi) is 5.56. The zero-order valence-electron chi connectivity index (χ0n) is 12.7. The van der Waals surface area contributed by atoms with Gasteiger partial charge in [0.05, 0.1) is 5.56 Å². The van der Waals surface area contributed by atoms with Crippen molar-refractivity contribution in [2.45, 2.75) is 6.54 Å². The average Bonchev–Trinajstić information content (AvgIpc) is 2.61. The van der Waals surface area contributed by atoms with Crippen LogP contribution in [0.4, 0.5) is 5.69 Å². The maximum Gasteiger partial charge on any atom is 0.253 e. The number of nitrogens with zero attached hydrogens (tertiary/aromatic N) is 2. The Hall–Kier alpha value is -1.53. The van der Waals surface area contributed by atoms with Crippen LogP contribution in [0.25, 0.3) is 0 Å². The van der Waals surface area contributed by atoms with Crippen molar-refractivity contribution in [3.8, 4) is 0 Å². The number of amides is 1. The number of hydrogen-bond donors (Lipinski definition) is 1. The molecule has 1 aromatic carbocycles. The summed E-state index contributed by atoms with van der Waals surface area (Å²) in [5, 5.41) is 2.92. The van der Waals surface area contributed by atoms with Crippen molar-refractivity contribution in [1.29, 1.82) is 0 Å². The minimum Gasteiger partial charge on any atom is -0.370 e. The van der Waals surface area contributed by atoms with Crippen LogP contribution in [0.5, 0.6) is 0 Å². The van der Waals surface area contributed by atoms with E-state index in [0.29, 0.717) is 12.1 Å². The molecule has 1 fully saturated rings. The molecule has 0 radical (unpaired) electrons. The lowest BCUT2D eigenvalue weighted by atomic mass is 10.2. The Morgan fingerprint density at radius 1 is 1.22 bits per heavy atom. The first-order valence-electron chi connectivity index (χ1n) is 7.53. The molecular formula is C17H18BrN3OS. The Bertz CT molecular complexity index is 672. The summed E-state index contributed by atoms with van der Waals surface area (Å²) in [5.41, 5.74) is 2.91. The number of carbonyl (C=O) groups is 1. The van der Waals surface area contributed by atoms with E-state index in [4.69, 9.17) is 0 Å². The van der Waals surface area contributed by atoms with Gasteiger partial charge in [-0.15, -0.1) is 0 Å². The van der Waals surface area contributed by atoms with E-state index in [-0.39, 0.29) is 5.91 Å². The molecule has 0 aliphatic carbocycles. The molecule has 1 N–H and O–H groups in total. The zero-order valence-corrected chi connectivity index (χ0v) is 15.1. The topological polar surface area (TPSA) is 45.2 Å². The first-order chi connectivity index (χ1) is 11.2. The van der Waals surface area contributed by atoms with E-state index in [1.165, 1.54) is 17.2 Å². The first kappa shape index (κ1) is 16.3. The molecule has 120 valence electrons. The van der Waals surface area contributed by atoms with Gasteiger partial charge in [-0.25, -0.2) is 0 Å². The summed E-state index contributed by atoms with van der Waals surface area (Å²) in [6.07, 6.45) is 3.23. The third-order valence-corrected chi connectivity index (χ3v) is 5.11. The van der Waals surface area contributed by atoms with E-state index in [1.807, 2.05) is 11.8 Å². The molecule has 0 atom stereocenters. The van der Waals surface area contributed by atoms with Crippen LogP contribution in [-0.4, -0.2) is 35.5 Å². The van der Waals surface area contributed by atoms with Crippen LogP contribution >= 0.6 is 27.7 Å². The highest BCUT2D eigenvalue weighted by Crippen LogP contribution is 2.20. The highest BCUT2D eigenvalue weighted by Gasteiger charge is 2.11. The molecule has 1 aliphatic heterocycles. The first-order valence-corrected chi connectivity index (χ1v) is 9.47. The van der Waals surface area contributed by atoms with Gasteiger partial charge in [0.1, 0.15) is 0 Å². The maximum atomic E-state index is 12.1. The normalized spacial score (nSPS) is 14.6. The summed E-state index contributed by atoms with van der Waals surface area (Å²) >= 11 is 5.33. The van der Waals surface area contributed by atoms with Gasteiger partial charge in [0.2, 0.25) is 0 Å². The molecule has 1 amide bonds. The van der Waals surface area contributed by atoms with Crippen molar-refractivity contribution >= 4 is 39.3 Å². The fourth-order valence-corrected chi connectivity index (χ4v) is 3.73. The number of carbonyl (C=O) groups excluding carboxylic acids is 1. The van der Waals surface area contributed by atoms with Crippen LogP contribution in [0.2, 0.25) is 0 Å². The molecule has 0 spiro atoms. The number of pyridine rings is 1. The number of aromatic nitrogens is 1. The smallest absolute Gasteiger partial charge is 0.253 e. The second-order valence-electron chi connectivity index (χ2n) is 5.34. The van der Waals surface area contributed by atoms with Crippen LogP contribution in [-0.2, 0) is 6.54 Å². The third-order valence-electron chi connectivity index (χ3n) is 3.73. The minimum atomic E-state index is -0.115. The quantitative estimate of drug-likeness (QED) is 0.867. The predicted octanol–water partition coefficient (Wildman–Crippen LogP) is 3.33. The molecule has 1 saturated heterocycles. The van der Waals surface area contributed by atoms with Crippen molar-refractivity contribution in [3.05, 3.63) is 58.3 Å². The predicted molar refractivity (Wildman–Crippen MR) is 99.1 cm³/mol. The van der Waals surface area contributed by atoms with Gasteiger partial charge in [-0.1, -0.05) is 12.1 Å². The van der Waals surface area contributed by atoms with Crippen LogP contribution in [0.1, 0.15) is 15.9 Å². The Morgan fingerprint density at radius 2 is 1.96 bits per heavy atom. The monoisotopic (exact) mass is 391 g/mol. The number of hydrogen-bond acceptors (Lipinski definition) is 4. The molecule has 1 aliphatic rings. The summed E-state index contributed by atoms with van der Waals surface area (Å²) in [4.78, 5) is 18.5. The van der Waals surface area contributed by atoms with Crippen molar-refractivity contribution in [3.63, 3.8) is 0 Å². The molecule has 0 unspecified atom stereocenters. The van der Waals surface area contributed by atoms with Crippen molar-refractivity contribution < 1.29 is 4.79 Å². The molecule has 1 aromatic heterocycles. The number of thioether (sulfide) groups is 1. The second kappa shape index (κ2) is 7.84. The molecule has 2 aromatic rings. The van der Waals surface area contributed by atoms with E-state index in [2.05, 4.69) is 55.4 Å². The zero-order chi connectivity index (χ0) is 16.1. The Labute approximate surface area is 148 Å². The summed E-state index contributed by atoms with van der Waals surface area (Å²) in [7, 11) is 0. The SMILES string of the molecule is O=C(NCc1ccc(N2CCSCC2)cc1)c1cncc(Br)c1. The molecule has 4 nitrogen and oxygen atoms in total. The molecule has 0 bridgehead atoms. The van der Waals surface area contributed by atoms with Gasteiger partial charge in [-0.3, -0.25) is 9.78 Å². The van der Waals surface area contributed by atoms with Crippen molar-refractivity contribution in [1.82, 2.24) is 10.3 Å². The van der Waals surface area contributed by atoms with Crippen molar-refractivity contribution in [2.75, 3.05) is 29.5 Å². The summed E-state index contributed by atoms with van der Waals surface area (Å²) in [6, 6.07) is 10.2. The number of anilines is 1. The number of nitrogens with one attached hydrogen (secondary N) is 1. The van der Waals surface area contributed by atoms with Crippen LogP contribution in [0, 0.1) is 0 Å². The lowest BCUT2D eigenvalue weighted by Crippen LogP contribution is -2.32. The molecule has 3 rings (SSSR count). The molecule has 0 saturated carbocycles. The van der Waals surface area contributed by atoms with Gasteiger partial charge in [-0.2, -0.15) is 11.8 Å². The lowest BCUT2D eigenvalue weighted by Gasteiger charge is -2.28. The van der Waals surface area contributed by atoms with Gasteiger partial charge < -0.3 is 10.2 Å². The second-order valence-corrected chi connectivity index (χ2v) is 7.48. The lowest BCUT2D eigenvalue weighted by molar-refractivity contribution is 0.0950. The van der Waals surface area contributed by atoms with Crippen LogP contribution < -0.4 is 10.2 Å². The van der Waals surface area contributed by atoms with E-state index >= 15 is 0 Å². The van der Waals surface area contributed by atoms with E-state index < -0.39 is 0 Å². The van der Waals surface area contributed by atoms with E-state index in [0.717, 1.165) is 23.1 Å².